The molecule has 7 heteroatoms. The second-order valence-electron chi connectivity index (χ2n) is 8.18. The molecule has 0 spiro atoms. The number of hydrogen-bond donors (Lipinski definition) is 2. The van der Waals surface area contributed by atoms with Crippen LogP contribution < -0.4 is 10.0 Å². The van der Waals surface area contributed by atoms with Crippen molar-refractivity contribution in [3.05, 3.63) is 65.5 Å². The van der Waals surface area contributed by atoms with Crippen LogP contribution in [0.4, 0.5) is 4.39 Å². The van der Waals surface area contributed by atoms with E-state index in [2.05, 4.69) is 10.0 Å². The molecule has 2 aromatic rings. The molecule has 5 nitrogen and oxygen atoms in total. The van der Waals surface area contributed by atoms with E-state index in [9.17, 15) is 17.6 Å². The van der Waals surface area contributed by atoms with E-state index in [0.29, 0.717) is 5.56 Å². The number of carbonyl (C=O) groups is 1. The fourth-order valence-electron chi connectivity index (χ4n) is 3.64. The van der Waals surface area contributed by atoms with E-state index in [-0.39, 0.29) is 28.9 Å². The SMILES string of the molecule is CC(C)(CNC(=O)c1cccc(S(=O)(=O)NC2CCCC2)c1)c1ccccc1F. The predicted octanol–water partition coefficient (Wildman–Crippen LogP) is 3.75. The summed E-state index contributed by atoms with van der Waals surface area (Å²) in [6.07, 6.45) is 3.72. The van der Waals surface area contributed by atoms with Crippen LogP contribution in [-0.4, -0.2) is 26.9 Å². The van der Waals surface area contributed by atoms with E-state index in [1.54, 1.807) is 30.3 Å². The third kappa shape index (κ3) is 5.22. The zero-order valence-electron chi connectivity index (χ0n) is 16.7. The monoisotopic (exact) mass is 418 g/mol. The zero-order chi connectivity index (χ0) is 21.1. The average Bonchev–Trinajstić information content (AvgIpc) is 3.19. The highest BCUT2D eigenvalue weighted by Crippen LogP contribution is 2.25. The molecule has 0 aliphatic heterocycles. The van der Waals surface area contributed by atoms with E-state index in [4.69, 9.17) is 0 Å². The summed E-state index contributed by atoms with van der Waals surface area (Å²) in [7, 11) is -3.67. The zero-order valence-corrected chi connectivity index (χ0v) is 17.6. The highest BCUT2D eigenvalue weighted by atomic mass is 32.2. The normalized spacial score (nSPS) is 15.4. The summed E-state index contributed by atoms with van der Waals surface area (Å²) in [4.78, 5) is 12.7. The molecule has 156 valence electrons. The number of nitrogens with one attached hydrogen (secondary N) is 2. The Labute approximate surface area is 171 Å². The molecule has 1 fully saturated rings. The van der Waals surface area contributed by atoms with Crippen molar-refractivity contribution >= 4 is 15.9 Å². The summed E-state index contributed by atoms with van der Waals surface area (Å²) in [5.41, 5.74) is 0.148. The Hall–Kier alpha value is -2.25. The number of benzene rings is 2. The fraction of sp³-hybridized carbons (Fsp3) is 0.409. The van der Waals surface area contributed by atoms with E-state index < -0.39 is 21.3 Å². The summed E-state index contributed by atoms with van der Waals surface area (Å²) in [6, 6.07) is 12.4. The number of hydrogen-bond acceptors (Lipinski definition) is 3. The predicted molar refractivity (Wildman–Crippen MR) is 111 cm³/mol. The molecule has 0 atom stereocenters. The minimum atomic E-state index is -3.67. The first-order valence-corrected chi connectivity index (χ1v) is 11.3. The van der Waals surface area contributed by atoms with E-state index >= 15 is 0 Å². The largest absolute Gasteiger partial charge is 0.351 e. The molecular formula is C22H27FN2O3S. The lowest BCUT2D eigenvalue weighted by Gasteiger charge is -2.26. The lowest BCUT2D eigenvalue weighted by atomic mass is 9.84. The van der Waals surface area contributed by atoms with Crippen molar-refractivity contribution in [2.75, 3.05) is 6.54 Å². The van der Waals surface area contributed by atoms with Gasteiger partial charge in [0.1, 0.15) is 5.82 Å². The molecule has 29 heavy (non-hydrogen) atoms. The molecule has 3 rings (SSSR count). The maximum Gasteiger partial charge on any atom is 0.251 e. The first-order valence-electron chi connectivity index (χ1n) is 9.85. The van der Waals surface area contributed by atoms with Crippen molar-refractivity contribution in [3.8, 4) is 0 Å². The summed E-state index contributed by atoms with van der Waals surface area (Å²) in [5, 5.41) is 2.80. The van der Waals surface area contributed by atoms with Gasteiger partial charge in [-0.1, -0.05) is 51.0 Å². The maximum absolute atomic E-state index is 14.1. The van der Waals surface area contributed by atoms with Gasteiger partial charge in [-0.2, -0.15) is 0 Å². The topological polar surface area (TPSA) is 75.3 Å². The fourth-order valence-corrected chi connectivity index (χ4v) is 4.99. The Morgan fingerprint density at radius 1 is 1.10 bits per heavy atom. The first-order chi connectivity index (χ1) is 13.7. The smallest absolute Gasteiger partial charge is 0.251 e. The summed E-state index contributed by atoms with van der Waals surface area (Å²) >= 11 is 0. The van der Waals surface area contributed by atoms with Crippen LogP contribution in [0.3, 0.4) is 0 Å². The van der Waals surface area contributed by atoms with Crippen molar-refractivity contribution in [2.24, 2.45) is 0 Å². The number of halogens is 1. The van der Waals surface area contributed by atoms with Crippen molar-refractivity contribution in [1.29, 1.82) is 0 Å². The Morgan fingerprint density at radius 3 is 2.48 bits per heavy atom. The minimum absolute atomic E-state index is 0.0425. The second-order valence-corrected chi connectivity index (χ2v) is 9.89. The van der Waals surface area contributed by atoms with Crippen LogP contribution >= 0.6 is 0 Å². The van der Waals surface area contributed by atoms with Gasteiger partial charge in [0.05, 0.1) is 4.90 Å². The second kappa shape index (κ2) is 8.63. The van der Waals surface area contributed by atoms with Crippen molar-refractivity contribution in [1.82, 2.24) is 10.0 Å². The Kier molecular flexibility index (Phi) is 6.39. The van der Waals surface area contributed by atoms with Crippen LogP contribution in [0.5, 0.6) is 0 Å². The van der Waals surface area contributed by atoms with Gasteiger partial charge in [-0.25, -0.2) is 17.5 Å². The summed E-state index contributed by atoms with van der Waals surface area (Å²) < 4.78 is 42.1. The molecule has 0 heterocycles. The van der Waals surface area contributed by atoms with Gasteiger partial charge in [-0.3, -0.25) is 4.79 Å². The van der Waals surface area contributed by atoms with Gasteiger partial charge in [-0.05, 0) is 42.7 Å². The van der Waals surface area contributed by atoms with Crippen molar-refractivity contribution in [2.45, 2.75) is 55.9 Å². The number of carbonyl (C=O) groups excluding carboxylic acids is 1. The van der Waals surface area contributed by atoms with E-state index in [1.807, 2.05) is 13.8 Å². The highest BCUT2D eigenvalue weighted by molar-refractivity contribution is 7.89. The van der Waals surface area contributed by atoms with Crippen LogP contribution in [0.25, 0.3) is 0 Å². The van der Waals surface area contributed by atoms with Gasteiger partial charge in [0.2, 0.25) is 10.0 Å². The van der Waals surface area contributed by atoms with Gasteiger partial charge < -0.3 is 5.32 Å². The lowest BCUT2D eigenvalue weighted by Crippen LogP contribution is -2.37. The highest BCUT2D eigenvalue weighted by Gasteiger charge is 2.26. The van der Waals surface area contributed by atoms with Gasteiger partial charge in [0, 0.05) is 23.6 Å². The molecule has 1 amide bonds. The number of sulfonamides is 1. The third-order valence-electron chi connectivity index (χ3n) is 5.38. The standard InChI is InChI=1S/C22H27FN2O3S/c1-22(2,19-12-5-6-13-20(19)23)15-24-21(26)16-8-7-11-18(14-16)29(27,28)25-17-9-3-4-10-17/h5-8,11-14,17,25H,3-4,9-10,15H2,1-2H3,(H,24,26). The van der Waals surface area contributed by atoms with Gasteiger partial charge in [-0.15, -0.1) is 0 Å². The van der Waals surface area contributed by atoms with Crippen LogP contribution in [0.15, 0.2) is 53.4 Å². The first kappa shape index (κ1) is 21.5. The van der Waals surface area contributed by atoms with Crippen LogP contribution in [0, 0.1) is 5.82 Å². The Balaban J connectivity index is 1.70. The molecule has 0 saturated heterocycles. The molecular weight excluding hydrogens is 391 g/mol. The molecule has 1 aliphatic rings. The van der Waals surface area contributed by atoms with Gasteiger partial charge in [0.25, 0.3) is 5.91 Å². The van der Waals surface area contributed by atoms with Gasteiger partial charge >= 0.3 is 0 Å². The van der Waals surface area contributed by atoms with Crippen LogP contribution in [0.1, 0.15) is 55.5 Å². The van der Waals surface area contributed by atoms with E-state index in [0.717, 1.165) is 25.7 Å². The Bertz CT molecular complexity index is 983. The van der Waals surface area contributed by atoms with Crippen molar-refractivity contribution < 1.29 is 17.6 Å². The summed E-state index contributed by atoms with van der Waals surface area (Å²) in [6.45, 7) is 3.90. The number of rotatable bonds is 7. The molecule has 0 aromatic heterocycles. The molecule has 1 aliphatic carbocycles. The maximum atomic E-state index is 14.1. The molecule has 0 radical (unpaired) electrons. The molecule has 0 unspecified atom stereocenters. The minimum Gasteiger partial charge on any atom is -0.351 e. The lowest BCUT2D eigenvalue weighted by molar-refractivity contribution is 0.0945. The molecule has 0 bridgehead atoms. The molecule has 1 saturated carbocycles. The molecule has 2 N–H and O–H groups in total. The van der Waals surface area contributed by atoms with Gasteiger partial charge in [0.15, 0.2) is 0 Å². The van der Waals surface area contributed by atoms with Crippen LogP contribution in [-0.2, 0) is 15.4 Å². The average molecular weight is 419 g/mol. The van der Waals surface area contributed by atoms with E-state index in [1.165, 1.54) is 18.2 Å². The van der Waals surface area contributed by atoms with Crippen molar-refractivity contribution in [3.63, 3.8) is 0 Å². The summed E-state index contributed by atoms with van der Waals surface area (Å²) in [5.74, 6) is -0.717. The quantitative estimate of drug-likeness (QED) is 0.719. The Morgan fingerprint density at radius 2 is 1.79 bits per heavy atom. The number of amides is 1. The third-order valence-corrected chi connectivity index (χ3v) is 6.90. The van der Waals surface area contributed by atoms with Crippen LogP contribution in [0.2, 0.25) is 0 Å². The molecule has 2 aromatic carbocycles.